The van der Waals surface area contributed by atoms with Crippen LogP contribution in [0.4, 0.5) is 0 Å². The van der Waals surface area contributed by atoms with Gasteiger partial charge >= 0.3 is 0 Å². The Bertz CT molecular complexity index is 1060. The van der Waals surface area contributed by atoms with Crippen molar-refractivity contribution in [3.63, 3.8) is 0 Å². The van der Waals surface area contributed by atoms with Gasteiger partial charge in [-0.05, 0) is 52.2 Å². The monoisotopic (exact) mass is 358 g/mol. The number of fused-ring (bicyclic) bond motifs is 1. The van der Waals surface area contributed by atoms with Crippen molar-refractivity contribution in [2.45, 2.75) is 40.5 Å². The lowest BCUT2D eigenvalue weighted by molar-refractivity contribution is 0.611. The van der Waals surface area contributed by atoms with Gasteiger partial charge in [0.05, 0.1) is 5.39 Å². The van der Waals surface area contributed by atoms with Gasteiger partial charge in [-0.25, -0.2) is 0 Å². The lowest BCUT2D eigenvalue weighted by Crippen LogP contribution is -2.12. The number of allylic oxidation sites excluding steroid dienone is 4. The zero-order valence-electron chi connectivity index (χ0n) is 16.5. The maximum atomic E-state index is 13.5. The van der Waals surface area contributed by atoms with Crippen molar-refractivity contribution in [2.24, 2.45) is 0 Å². The standard InChI is InChI=1S/C25H26O2/c1-17(2)13-15-19-11-8-12-22-23(19)24(26)21(16-14-18(3)4)25(27-22)20-9-6-5-7-10-20/h5-14H,15-16H2,1-4H3. The summed E-state index contributed by atoms with van der Waals surface area (Å²) in [6, 6.07) is 15.8. The minimum Gasteiger partial charge on any atom is -0.456 e. The van der Waals surface area contributed by atoms with Crippen molar-refractivity contribution in [2.75, 3.05) is 0 Å². The third-order valence-electron chi connectivity index (χ3n) is 4.58. The molecule has 0 spiro atoms. The van der Waals surface area contributed by atoms with Gasteiger partial charge in [0.25, 0.3) is 0 Å². The van der Waals surface area contributed by atoms with Gasteiger partial charge in [-0.15, -0.1) is 0 Å². The lowest BCUT2D eigenvalue weighted by Gasteiger charge is -2.11. The summed E-state index contributed by atoms with van der Waals surface area (Å²) in [5, 5.41) is 0.701. The van der Waals surface area contributed by atoms with Crippen LogP contribution in [-0.2, 0) is 12.8 Å². The number of hydrogen-bond acceptors (Lipinski definition) is 2. The van der Waals surface area contributed by atoms with Crippen LogP contribution in [0.3, 0.4) is 0 Å². The van der Waals surface area contributed by atoms with Gasteiger partial charge in [-0.1, -0.05) is 65.8 Å². The van der Waals surface area contributed by atoms with Crippen LogP contribution in [0.2, 0.25) is 0 Å². The summed E-state index contributed by atoms with van der Waals surface area (Å²) in [4.78, 5) is 13.5. The van der Waals surface area contributed by atoms with E-state index in [0.717, 1.165) is 23.1 Å². The van der Waals surface area contributed by atoms with E-state index in [1.807, 2.05) is 62.4 Å². The Labute approximate surface area is 160 Å². The number of benzene rings is 2. The van der Waals surface area contributed by atoms with Crippen LogP contribution in [0.1, 0.15) is 38.8 Å². The molecule has 2 heteroatoms. The Morgan fingerprint density at radius 1 is 0.852 bits per heavy atom. The minimum absolute atomic E-state index is 0.0744. The van der Waals surface area contributed by atoms with Gasteiger partial charge in [0, 0.05) is 11.1 Å². The Hall–Kier alpha value is -2.87. The van der Waals surface area contributed by atoms with Crippen LogP contribution < -0.4 is 5.43 Å². The summed E-state index contributed by atoms with van der Waals surface area (Å²) in [7, 11) is 0. The van der Waals surface area contributed by atoms with E-state index in [2.05, 4.69) is 26.0 Å². The number of hydrogen-bond donors (Lipinski definition) is 0. The van der Waals surface area contributed by atoms with E-state index in [-0.39, 0.29) is 5.43 Å². The van der Waals surface area contributed by atoms with E-state index in [0.29, 0.717) is 23.2 Å². The molecule has 0 saturated carbocycles. The van der Waals surface area contributed by atoms with Gasteiger partial charge in [0.2, 0.25) is 0 Å². The summed E-state index contributed by atoms with van der Waals surface area (Å²) in [5.41, 5.74) is 5.82. The van der Waals surface area contributed by atoms with Crippen LogP contribution in [0.25, 0.3) is 22.3 Å². The van der Waals surface area contributed by atoms with Crippen LogP contribution in [0, 0.1) is 0 Å². The van der Waals surface area contributed by atoms with Crippen molar-refractivity contribution >= 4 is 11.0 Å². The molecule has 2 nitrogen and oxygen atoms in total. The maximum absolute atomic E-state index is 13.5. The molecule has 0 bridgehead atoms. The molecule has 2 aromatic carbocycles. The fourth-order valence-corrected chi connectivity index (χ4v) is 3.14. The Morgan fingerprint density at radius 2 is 1.52 bits per heavy atom. The quantitative estimate of drug-likeness (QED) is 0.489. The van der Waals surface area contributed by atoms with Crippen molar-refractivity contribution in [1.82, 2.24) is 0 Å². The van der Waals surface area contributed by atoms with Crippen molar-refractivity contribution in [1.29, 1.82) is 0 Å². The summed E-state index contributed by atoms with van der Waals surface area (Å²) in [6.07, 6.45) is 5.54. The predicted octanol–water partition coefficient (Wildman–Crippen LogP) is 6.48. The van der Waals surface area contributed by atoms with E-state index < -0.39 is 0 Å². The molecule has 0 N–H and O–H groups in total. The van der Waals surface area contributed by atoms with Crippen LogP contribution in [0.15, 0.2) is 81.0 Å². The predicted molar refractivity (Wildman–Crippen MR) is 114 cm³/mol. The highest BCUT2D eigenvalue weighted by molar-refractivity contribution is 5.84. The molecule has 0 fully saturated rings. The third-order valence-corrected chi connectivity index (χ3v) is 4.58. The molecule has 0 atom stereocenters. The zero-order chi connectivity index (χ0) is 19.4. The first-order valence-corrected chi connectivity index (χ1v) is 9.37. The maximum Gasteiger partial charge on any atom is 0.197 e. The van der Waals surface area contributed by atoms with E-state index in [9.17, 15) is 4.79 Å². The fourth-order valence-electron chi connectivity index (χ4n) is 3.14. The van der Waals surface area contributed by atoms with E-state index >= 15 is 0 Å². The Balaban J connectivity index is 2.30. The highest BCUT2D eigenvalue weighted by Crippen LogP contribution is 2.28. The third kappa shape index (κ3) is 4.28. The van der Waals surface area contributed by atoms with Gasteiger partial charge in [-0.2, -0.15) is 0 Å². The molecule has 0 aliphatic rings. The first-order valence-electron chi connectivity index (χ1n) is 9.37. The fraction of sp³-hybridized carbons (Fsp3) is 0.240. The van der Waals surface area contributed by atoms with Gasteiger partial charge in [-0.3, -0.25) is 4.79 Å². The molecule has 1 aromatic heterocycles. The van der Waals surface area contributed by atoms with E-state index in [1.165, 1.54) is 11.1 Å². The highest BCUT2D eigenvalue weighted by atomic mass is 16.3. The smallest absolute Gasteiger partial charge is 0.197 e. The van der Waals surface area contributed by atoms with Crippen molar-refractivity contribution < 1.29 is 4.42 Å². The molecular formula is C25H26O2. The molecule has 0 saturated heterocycles. The lowest BCUT2D eigenvalue weighted by atomic mass is 9.98. The molecule has 1 heterocycles. The van der Waals surface area contributed by atoms with Gasteiger partial charge in [0.1, 0.15) is 11.3 Å². The number of rotatable bonds is 5. The van der Waals surface area contributed by atoms with Crippen molar-refractivity contribution in [3.8, 4) is 11.3 Å². The van der Waals surface area contributed by atoms with Crippen LogP contribution >= 0.6 is 0 Å². The Morgan fingerprint density at radius 3 is 2.19 bits per heavy atom. The van der Waals surface area contributed by atoms with Gasteiger partial charge < -0.3 is 4.42 Å². The molecular weight excluding hydrogens is 332 g/mol. The molecule has 0 unspecified atom stereocenters. The first-order chi connectivity index (χ1) is 13.0. The molecule has 0 radical (unpaired) electrons. The topological polar surface area (TPSA) is 30.2 Å². The SMILES string of the molecule is CC(C)=CCc1c(-c2ccccc2)oc2cccc(CC=C(C)C)c2c1=O. The van der Waals surface area contributed by atoms with E-state index in [1.54, 1.807) is 0 Å². The minimum atomic E-state index is 0.0744. The zero-order valence-corrected chi connectivity index (χ0v) is 16.5. The largest absolute Gasteiger partial charge is 0.456 e. The van der Waals surface area contributed by atoms with E-state index in [4.69, 9.17) is 4.42 Å². The molecule has 0 aliphatic carbocycles. The Kier molecular flexibility index (Phi) is 5.75. The van der Waals surface area contributed by atoms with Crippen LogP contribution in [0.5, 0.6) is 0 Å². The molecule has 27 heavy (non-hydrogen) atoms. The molecule has 3 aromatic rings. The average molecular weight is 358 g/mol. The second-order valence-corrected chi connectivity index (χ2v) is 7.37. The van der Waals surface area contributed by atoms with Crippen molar-refractivity contribution in [3.05, 3.63) is 93.2 Å². The molecule has 0 aliphatic heterocycles. The molecule has 3 rings (SSSR count). The second kappa shape index (κ2) is 8.22. The second-order valence-electron chi connectivity index (χ2n) is 7.37. The summed E-state index contributed by atoms with van der Waals surface area (Å²) >= 11 is 0. The van der Waals surface area contributed by atoms with Crippen LogP contribution in [-0.4, -0.2) is 0 Å². The normalized spacial score (nSPS) is 10.7. The molecule has 0 amide bonds. The summed E-state index contributed by atoms with van der Waals surface area (Å²) < 4.78 is 6.29. The first kappa shape index (κ1) is 18.9. The highest BCUT2D eigenvalue weighted by Gasteiger charge is 2.17. The average Bonchev–Trinajstić information content (AvgIpc) is 2.65. The van der Waals surface area contributed by atoms with Gasteiger partial charge in [0.15, 0.2) is 5.43 Å². The summed E-state index contributed by atoms with van der Waals surface area (Å²) in [5.74, 6) is 0.671. The molecule has 138 valence electrons. The summed E-state index contributed by atoms with van der Waals surface area (Å²) in [6.45, 7) is 8.24.